The van der Waals surface area contributed by atoms with Crippen LogP contribution in [0.4, 0.5) is 0 Å². The zero-order valence-electron chi connectivity index (χ0n) is 15.3. The second kappa shape index (κ2) is 11.3. The summed E-state index contributed by atoms with van der Waals surface area (Å²) < 4.78 is 0. The molecule has 150 valence electrons. The summed E-state index contributed by atoms with van der Waals surface area (Å²) in [7, 11) is 0. The number of carbonyl (C=O) groups is 3. The highest BCUT2D eigenvalue weighted by atomic mass is 16.4. The smallest absolute Gasteiger partial charge is 0.309 e. The molecule has 1 rings (SSSR count). The van der Waals surface area contributed by atoms with Gasteiger partial charge in [0.1, 0.15) is 0 Å². The van der Waals surface area contributed by atoms with Gasteiger partial charge in [0.25, 0.3) is 6.47 Å². The molecule has 0 bridgehead atoms. The average Bonchev–Trinajstić information content (AvgIpc) is 2.83. The van der Waals surface area contributed by atoms with Crippen LogP contribution in [0, 0.1) is 17.8 Å². The van der Waals surface area contributed by atoms with E-state index in [9.17, 15) is 19.8 Å². The van der Waals surface area contributed by atoms with E-state index >= 15 is 0 Å². The lowest BCUT2D eigenvalue weighted by atomic mass is 9.80. The second-order valence-electron chi connectivity index (χ2n) is 6.28. The Morgan fingerprint density at radius 3 is 2.15 bits per heavy atom. The number of hydrogen-bond donors (Lipinski definition) is 6. The van der Waals surface area contributed by atoms with Crippen molar-refractivity contribution in [3.63, 3.8) is 0 Å². The van der Waals surface area contributed by atoms with Gasteiger partial charge in [-0.25, -0.2) is 4.99 Å². The molecule has 0 heterocycles. The van der Waals surface area contributed by atoms with E-state index in [0.29, 0.717) is 0 Å². The molecular formula is C16H30N4O6. The molecule has 0 saturated heterocycles. The minimum Gasteiger partial charge on any atom is -0.483 e. The number of nitrogens with two attached hydrogens (primary N) is 2. The zero-order valence-corrected chi connectivity index (χ0v) is 15.3. The largest absolute Gasteiger partial charge is 0.483 e. The Morgan fingerprint density at radius 1 is 1.31 bits per heavy atom. The molecule has 10 nitrogen and oxygen atoms in total. The Bertz CT molecular complexity index is 505. The SMILES string of the molecule is CCC(CC)[C@@H](NC(C)=O)[C@H]1[C@@H](O)[C@H](C(=O)O)C[C@@H]1N=C(N)N.O=CO. The van der Waals surface area contributed by atoms with Crippen LogP contribution in [0.25, 0.3) is 0 Å². The van der Waals surface area contributed by atoms with E-state index in [-0.39, 0.29) is 36.7 Å². The molecule has 1 aliphatic rings. The van der Waals surface area contributed by atoms with Crippen molar-refractivity contribution in [2.24, 2.45) is 34.2 Å². The standard InChI is InChI=1S/C15H28N4O4.CH2O2/c1-4-8(5-2)12(18-7(3)20)11-10(19-15(16)17)6-9(13(11)21)14(22)23;2-1-3/h8-13,21H,4-6H2,1-3H3,(H,18,20)(H,22,23)(H4,16,17,19);1H,(H,2,3)/t9-,10+,11+,12-,13+;/m1./s1. The van der Waals surface area contributed by atoms with Crippen LogP contribution in [0.2, 0.25) is 0 Å². The molecule has 8 N–H and O–H groups in total. The van der Waals surface area contributed by atoms with Gasteiger partial charge in [0.05, 0.1) is 18.1 Å². The maximum Gasteiger partial charge on any atom is 0.309 e. The van der Waals surface area contributed by atoms with E-state index in [1.165, 1.54) is 6.92 Å². The summed E-state index contributed by atoms with van der Waals surface area (Å²) in [5.74, 6) is -2.84. The van der Waals surface area contributed by atoms with Crippen LogP contribution in [0.15, 0.2) is 4.99 Å². The third-order valence-corrected chi connectivity index (χ3v) is 4.72. The number of nitrogens with zero attached hydrogens (tertiary/aromatic N) is 1. The van der Waals surface area contributed by atoms with Gasteiger partial charge in [-0.2, -0.15) is 0 Å². The first-order valence-corrected chi connectivity index (χ1v) is 8.48. The summed E-state index contributed by atoms with van der Waals surface area (Å²) >= 11 is 0. The number of guanidine groups is 1. The van der Waals surface area contributed by atoms with Gasteiger partial charge >= 0.3 is 5.97 Å². The molecule has 10 heteroatoms. The maximum absolute atomic E-state index is 11.6. The first kappa shape index (κ1) is 23.6. The number of carbonyl (C=O) groups excluding carboxylic acids is 1. The lowest BCUT2D eigenvalue weighted by Crippen LogP contribution is -2.51. The monoisotopic (exact) mass is 374 g/mol. The average molecular weight is 374 g/mol. The number of carboxylic acid groups (broad SMARTS) is 2. The highest BCUT2D eigenvalue weighted by molar-refractivity contribution is 5.76. The summed E-state index contributed by atoms with van der Waals surface area (Å²) in [5, 5.41) is 29.6. The van der Waals surface area contributed by atoms with E-state index in [0.717, 1.165) is 12.8 Å². The zero-order chi connectivity index (χ0) is 20.4. The lowest BCUT2D eigenvalue weighted by Gasteiger charge is -2.35. The Kier molecular flexibility index (Phi) is 10.3. The first-order chi connectivity index (χ1) is 12.1. The minimum absolute atomic E-state index is 0.0998. The van der Waals surface area contributed by atoms with E-state index < -0.39 is 30.0 Å². The van der Waals surface area contributed by atoms with Crippen molar-refractivity contribution >= 4 is 24.3 Å². The Morgan fingerprint density at radius 2 is 1.81 bits per heavy atom. The van der Waals surface area contributed by atoms with Crippen LogP contribution in [-0.4, -0.2) is 57.8 Å². The quantitative estimate of drug-likeness (QED) is 0.192. The molecular weight excluding hydrogens is 344 g/mol. The Balaban J connectivity index is 0.00000194. The molecule has 0 aromatic heterocycles. The highest BCUT2D eigenvalue weighted by Crippen LogP contribution is 2.39. The minimum atomic E-state index is -1.11. The number of aliphatic imine (C=N–C) groups is 1. The van der Waals surface area contributed by atoms with Crippen molar-refractivity contribution in [3.05, 3.63) is 0 Å². The maximum atomic E-state index is 11.6. The van der Waals surface area contributed by atoms with Gasteiger partial charge in [0, 0.05) is 18.9 Å². The summed E-state index contributed by atoms with van der Waals surface area (Å²) in [4.78, 5) is 35.5. The van der Waals surface area contributed by atoms with Crippen LogP contribution in [0.1, 0.15) is 40.0 Å². The van der Waals surface area contributed by atoms with Crippen LogP contribution >= 0.6 is 0 Å². The van der Waals surface area contributed by atoms with E-state index in [1.807, 2.05) is 13.8 Å². The number of amides is 1. The molecule has 26 heavy (non-hydrogen) atoms. The number of aliphatic hydroxyl groups is 1. The normalized spacial score (nSPS) is 25.6. The number of aliphatic carboxylic acids is 1. The number of aliphatic hydroxyl groups excluding tert-OH is 1. The molecule has 0 radical (unpaired) electrons. The fourth-order valence-electron chi connectivity index (χ4n) is 3.64. The Hall–Kier alpha value is -2.36. The third-order valence-electron chi connectivity index (χ3n) is 4.72. The highest BCUT2D eigenvalue weighted by Gasteiger charge is 2.50. The van der Waals surface area contributed by atoms with Gasteiger partial charge in [-0.1, -0.05) is 26.7 Å². The van der Waals surface area contributed by atoms with E-state index in [1.54, 1.807) is 0 Å². The van der Waals surface area contributed by atoms with Crippen LogP contribution in [0.5, 0.6) is 0 Å². The predicted octanol–water partition coefficient (Wildman–Crippen LogP) is -0.648. The number of carboxylic acids is 1. The number of nitrogens with one attached hydrogen (secondary N) is 1. The molecule has 0 unspecified atom stereocenters. The van der Waals surface area contributed by atoms with Crippen molar-refractivity contribution in [2.75, 3.05) is 0 Å². The van der Waals surface area contributed by atoms with Gasteiger partial charge in [0.2, 0.25) is 5.91 Å². The fraction of sp³-hybridized carbons (Fsp3) is 0.750. The topological polar surface area (TPSA) is 188 Å². The lowest BCUT2D eigenvalue weighted by molar-refractivity contribution is -0.145. The van der Waals surface area contributed by atoms with Crippen molar-refractivity contribution in [3.8, 4) is 0 Å². The van der Waals surface area contributed by atoms with Gasteiger partial charge < -0.3 is 32.1 Å². The first-order valence-electron chi connectivity index (χ1n) is 8.48. The molecule has 0 aliphatic heterocycles. The van der Waals surface area contributed by atoms with E-state index in [2.05, 4.69) is 10.3 Å². The van der Waals surface area contributed by atoms with E-state index in [4.69, 9.17) is 21.4 Å². The van der Waals surface area contributed by atoms with Crippen molar-refractivity contribution in [1.29, 1.82) is 0 Å². The molecule has 0 spiro atoms. The molecule has 1 saturated carbocycles. The number of hydrogen-bond acceptors (Lipinski definition) is 5. The van der Waals surface area contributed by atoms with Gasteiger partial charge in [-0.15, -0.1) is 0 Å². The molecule has 1 amide bonds. The van der Waals surface area contributed by atoms with Gasteiger partial charge in [-0.05, 0) is 12.3 Å². The van der Waals surface area contributed by atoms with Gasteiger partial charge in [0.15, 0.2) is 5.96 Å². The fourth-order valence-corrected chi connectivity index (χ4v) is 3.64. The summed E-state index contributed by atoms with van der Waals surface area (Å²) in [6, 6.07) is -0.913. The summed E-state index contributed by atoms with van der Waals surface area (Å²) in [6.45, 7) is 5.14. The van der Waals surface area contributed by atoms with Crippen molar-refractivity contribution in [1.82, 2.24) is 5.32 Å². The molecule has 1 fully saturated rings. The summed E-state index contributed by atoms with van der Waals surface area (Å²) in [5.41, 5.74) is 10.9. The molecule has 5 atom stereocenters. The van der Waals surface area contributed by atoms with Gasteiger partial charge in [-0.3, -0.25) is 14.4 Å². The van der Waals surface area contributed by atoms with Crippen molar-refractivity contribution in [2.45, 2.75) is 58.2 Å². The van der Waals surface area contributed by atoms with Crippen LogP contribution < -0.4 is 16.8 Å². The third kappa shape index (κ3) is 6.51. The molecule has 1 aliphatic carbocycles. The molecule has 0 aromatic rings. The summed E-state index contributed by atoms with van der Waals surface area (Å²) in [6.07, 6.45) is 0.612. The Labute approximate surface area is 152 Å². The van der Waals surface area contributed by atoms with Crippen LogP contribution in [0.3, 0.4) is 0 Å². The van der Waals surface area contributed by atoms with Crippen LogP contribution in [-0.2, 0) is 14.4 Å². The predicted molar refractivity (Wildman–Crippen MR) is 95.2 cm³/mol. The molecule has 0 aromatic carbocycles. The second-order valence-corrected chi connectivity index (χ2v) is 6.28. The number of rotatable bonds is 7. The van der Waals surface area contributed by atoms with Crippen molar-refractivity contribution < 1.29 is 29.7 Å².